The van der Waals surface area contributed by atoms with Crippen molar-refractivity contribution in [2.75, 3.05) is 0 Å². The van der Waals surface area contributed by atoms with E-state index in [-0.39, 0.29) is 50.1 Å². The van der Waals surface area contributed by atoms with Gasteiger partial charge >= 0.3 is 20.4 Å². The Labute approximate surface area is 114 Å². The lowest BCUT2D eigenvalue weighted by Gasteiger charge is -1.97. The highest BCUT2D eigenvalue weighted by atomic mass is 35.5. The maximum absolute atomic E-state index is 2.27. The van der Waals surface area contributed by atoms with Gasteiger partial charge in [-0.3, -0.25) is 0 Å². The van der Waals surface area contributed by atoms with Crippen LogP contribution in [-0.2, 0) is 4.55 Å². The largest absolute Gasteiger partial charge is 0.370 e. The summed E-state index contributed by atoms with van der Waals surface area (Å²) in [6, 6.07) is 10.9. The average Bonchev–Trinajstić information content (AvgIpc) is 2.14. The zero-order valence-corrected chi connectivity index (χ0v) is 10.6. The summed E-state index contributed by atoms with van der Waals surface area (Å²) in [5.74, 6) is 0. The molecular weight excluding hydrogens is 219 g/mol. The van der Waals surface area contributed by atoms with Crippen LogP contribution in [0.2, 0.25) is 4.55 Å². The molecule has 0 heterocycles. The minimum Gasteiger partial charge on any atom is -0.147 e. The lowest BCUT2D eigenvalue weighted by atomic mass is 10.2. The molecule has 0 saturated heterocycles. The molecule has 0 spiro atoms. The molecular formula is C11H20AlClMg. The van der Waals surface area contributed by atoms with Crippen molar-refractivity contribution in [3.05, 3.63) is 35.9 Å². The first-order chi connectivity index (χ1) is 5.93. The van der Waals surface area contributed by atoms with Crippen LogP contribution in [-0.4, -0.2) is 37.7 Å². The van der Waals surface area contributed by atoms with E-state index in [1.165, 1.54) is 21.9 Å². The monoisotopic (exact) mass is 238 g/mol. The highest BCUT2D eigenvalue weighted by Crippen LogP contribution is 2.01. The first-order valence-corrected chi connectivity index (χ1v) is 6.97. The molecule has 1 rings (SSSR count). The number of unbranched alkanes of at least 4 members (excludes halogenated alkanes) is 1. The molecule has 0 nitrogen and oxygen atoms in total. The van der Waals surface area contributed by atoms with E-state index in [4.69, 9.17) is 0 Å². The minimum atomic E-state index is 0. The molecule has 0 aliphatic heterocycles. The van der Waals surface area contributed by atoms with Gasteiger partial charge in [0.05, 0.1) is 0 Å². The summed E-state index contributed by atoms with van der Waals surface area (Å²) in [5.41, 5.74) is 1.54. The number of hydrogen-bond acceptors (Lipinski definition) is 0. The number of halogens is 1. The SMILES string of the molecule is CCC[CH2][Mg][CH2]c1ccccc1.Cl.[AlH3]. The third kappa shape index (κ3) is 8.14. The van der Waals surface area contributed by atoms with Crippen LogP contribution in [0.3, 0.4) is 0 Å². The average molecular weight is 239 g/mol. The van der Waals surface area contributed by atoms with E-state index in [1.54, 1.807) is 5.56 Å². The van der Waals surface area contributed by atoms with Crippen molar-refractivity contribution < 1.29 is 0 Å². The lowest BCUT2D eigenvalue weighted by molar-refractivity contribution is 0.877. The summed E-state index contributed by atoms with van der Waals surface area (Å²) in [6.45, 7) is 2.27. The van der Waals surface area contributed by atoms with E-state index >= 15 is 0 Å². The summed E-state index contributed by atoms with van der Waals surface area (Å²) in [6.07, 6.45) is 2.81. The Bertz CT molecular complexity index is 204. The smallest absolute Gasteiger partial charge is 0.147 e. The van der Waals surface area contributed by atoms with Crippen molar-refractivity contribution in [1.82, 2.24) is 0 Å². The van der Waals surface area contributed by atoms with Crippen molar-refractivity contribution in [2.45, 2.75) is 28.9 Å². The van der Waals surface area contributed by atoms with Crippen LogP contribution in [0.25, 0.3) is 0 Å². The van der Waals surface area contributed by atoms with Crippen LogP contribution in [0.5, 0.6) is 0 Å². The fraction of sp³-hybridized carbons (Fsp3) is 0.455. The van der Waals surface area contributed by atoms with Crippen molar-refractivity contribution in [3.8, 4) is 0 Å². The molecule has 0 saturated carbocycles. The Hall–Kier alpha value is 0.809. The standard InChI is InChI=1S/C7H7.C4H9.Al.ClH.Mg.3H/c1-7-5-3-2-4-6-7;1-3-4-2;;;;;;/h2-6H,1H2;1,3-4H2,2H3;;1H;;;;. The molecule has 0 bridgehead atoms. The van der Waals surface area contributed by atoms with Gasteiger partial charge in [0.2, 0.25) is 0 Å². The molecule has 0 aromatic heterocycles. The lowest BCUT2D eigenvalue weighted by Crippen LogP contribution is -1.95. The quantitative estimate of drug-likeness (QED) is 0.546. The molecule has 1 aromatic carbocycles. The third-order valence-electron chi connectivity index (χ3n) is 2.16. The molecule has 0 fully saturated rings. The first kappa shape index (κ1) is 17.2. The minimum absolute atomic E-state index is 0. The van der Waals surface area contributed by atoms with E-state index < -0.39 is 0 Å². The van der Waals surface area contributed by atoms with Crippen LogP contribution in [0.4, 0.5) is 0 Å². The maximum atomic E-state index is 2.27. The fourth-order valence-electron chi connectivity index (χ4n) is 1.40. The molecule has 0 aliphatic rings. The van der Waals surface area contributed by atoms with Gasteiger partial charge in [-0.15, -0.1) is 21.5 Å². The molecule has 76 valence electrons. The maximum Gasteiger partial charge on any atom is 0.370 e. The van der Waals surface area contributed by atoms with Gasteiger partial charge in [0.15, 0.2) is 17.4 Å². The van der Waals surface area contributed by atoms with E-state index in [1.807, 2.05) is 0 Å². The van der Waals surface area contributed by atoms with Gasteiger partial charge in [-0.25, -0.2) is 0 Å². The molecule has 0 N–H and O–H groups in total. The van der Waals surface area contributed by atoms with Crippen molar-refractivity contribution >= 4 is 50.1 Å². The molecule has 3 heteroatoms. The molecule has 0 radical (unpaired) electrons. The number of benzene rings is 1. The zero-order valence-electron chi connectivity index (χ0n) is 8.33. The first-order valence-electron chi connectivity index (χ1n) is 4.97. The Kier molecular flexibility index (Phi) is 14.6. The van der Waals surface area contributed by atoms with Crippen LogP contribution < -0.4 is 0 Å². The topological polar surface area (TPSA) is 0 Å². The van der Waals surface area contributed by atoms with Gasteiger partial charge in [0.25, 0.3) is 0 Å². The van der Waals surface area contributed by atoms with E-state index in [0.29, 0.717) is 0 Å². The Morgan fingerprint density at radius 1 is 1.14 bits per heavy atom. The van der Waals surface area contributed by atoms with Crippen LogP contribution in [0.15, 0.2) is 30.3 Å². The second-order valence-electron chi connectivity index (χ2n) is 3.30. The van der Waals surface area contributed by atoms with E-state index in [2.05, 4.69) is 37.3 Å². The molecule has 0 aliphatic carbocycles. The molecule has 0 amide bonds. The summed E-state index contributed by atoms with van der Waals surface area (Å²) in [5, 5.41) is 0. The normalized spacial score (nSPS) is 8.07. The zero-order chi connectivity index (χ0) is 8.65. The highest BCUT2D eigenvalue weighted by Gasteiger charge is 1.95. The van der Waals surface area contributed by atoms with Gasteiger partial charge in [0.1, 0.15) is 0 Å². The molecule has 1 aromatic rings. The van der Waals surface area contributed by atoms with Crippen LogP contribution in [0, 0.1) is 0 Å². The second kappa shape index (κ2) is 11.9. The van der Waals surface area contributed by atoms with E-state index in [9.17, 15) is 0 Å². The summed E-state index contributed by atoms with van der Waals surface area (Å²) in [7, 11) is 0. The van der Waals surface area contributed by atoms with E-state index in [0.717, 1.165) is 0 Å². The van der Waals surface area contributed by atoms with Gasteiger partial charge in [-0.1, -0.05) is 55.7 Å². The van der Waals surface area contributed by atoms with Crippen LogP contribution in [0.1, 0.15) is 25.3 Å². The van der Waals surface area contributed by atoms with Gasteiger partial charge in [0, 0.05) is 0 Å². The molecule has 0 unspecified atom stereocenters. The Morgan fingerprint density at radius 3 is 2.36 bits per heavy atom. The fourth-order valence-corrected chi connectivity index (χ4v) is 3.25. The van der Waals surface area contributed by atoms with Crippen molar-refractivity contribution in [3.63, 3.8) is 0 Å². The van der Waals surface area contributed by atoms with Gasteiger partial charge in [-0.05, 0) is 0 Å². The Morgan fingerprint density at radius 2 is 1.79 bits per heavy atom. The van der Waals surface area contributed by atoms with Crippen molar-refractivity contribution in [2.24, 2.45) is 0 Å². The molecule has 0 atom stereocenters. The number of rotatable bonds is 5. The van der Waals surface area contributed by atoms with Gasteiger partial charge in [-0.2, -0.15) is 0 Å². The van der Waals surface area contributed by atoms with Crippen LogP contribution >= 0.6 is 12.4 Å². The predicted molar refractivity (Wildman–Crippen MR) is 72.8 cm³/mol. The second-order valence-corrected chi connectivity index (χ2v) is 5.21. The Balaban J connectivity index is 0. The third-order valence-corrected chi connectivity index (χ3v) is 4.09. The summed E-state index contributed by atoms with van der Waals surface area (Å²) < 4.78 is 2.91. The van der Waals surface area contributed by atoms with Crippen molar-refractivity contribution in [1.29, 1.82) is 0 Å². The summed E-state index contributed by atoms with van der Waals surface area (Å²) >= 11 is 0.202. The van der Waals surface area contributed by atoms with Gasteiger partial charge < -0.3 is 0 Å². The highest BCUT2D eigenvalue weighted by molar-refractivity contribution is 6.34. The predicted octanol–water partition coefficient (Wildman–Crippen LogP) is 2.35. The molecule has 14 heavy (non-hydrogen) atoms. The summed E-state index contributed by atoms with van der Waals surface area (Å²) in [4.78, 5) is 0. The number of hydrogen-bond donors (Lipinski definition) is 0.